The van der Waals surface area contributed by atoms with E-state index in [1.165, 1.54) is 0 Å². The van der Waals surface area contributed by atoms with Crippen molar-refractivity contribution in [2.75, 3.05) is 19.9 Å². The molecule has 2 aromatic carbocycles. The van der Waals surface area contributed by atoms with Crippen LogP contribution in [0.2, 0.25) is 0 Å². The van der Waals surface area contributed by atoms with Crippen LogP contribution in [0.15, 0.2) is 30.3 Å². The van der Waals surface area contributed by atoms with Crippen molar-refractivity contribution in [3.05, 3.63) is 35.9 Å². The molecular weight excluding hydrogens is 278 g/mol. The van der Waals surface area contributed by atoms with E-state index >= 15 is 0 Å². The van der Waals surface area contributed by atoms with Crippen LogP contribution in [0.3, 0.4) is 0 Å². The zero-order valence-electron chi connectivity index (χ0n) is 13.1. The third-order valence-electron chi connectivity index (χ3n) is 3.85. The molecule has 0 unspecified atom stereocenters. The summed E-state index contributed by atoms with van der Waals surface area (Å²) < 4.78 is 10.8. The van der Waals surface area contributed by atoms with E-state index in [4.69, 9.17) is 9.47 Å². The smallest absolute Gasteiger partial charge is 0.253 e. The van der Waals surface area contributed by atoms with E-state index in [1.807, 2.05) is 35.2 Å². The first-order valence-electron chi connectivity index (χ1n) is 7.85. The summed E-state index contributed by atoms with van der Waals surface area (Å²) in [4.78, 5) is 14.6. The molecule has 0 fully saturated rings. The van der Waals surface area contributed by atoms with Gasteiger partial charge in [-0.1, -0.05) is 19.9 Å². The quantitative estimate of drug-likeness (QED) is 0.842. The van der Waals surface area contributed by atoms with Gasteiger partial charge in [0.2, 0.25) is 6.79 Å². The molecule has 0 aromatic heterocycles. The van der Waals surface area contributed by atoms with Gasteiger partial charge in [-0.25, -0.2) is 0 Å². The normalized spacial score (nSPS) is 12.6. The number of amides is 1. The van der Waals surface area contributed by atoms with Crippen molar-refractivity contribution >= 4 is 16.7 Å². The van der Waals surface area contributed by atoms with Crippen molar-refractivity contribution in [3.8, 4) is 11.5 Å². The number of fused-ring (bicyclic) bond motifs is 2. The molecule has 0 atom stereocenters. The van der Waals surface area contributed by atoms with Gasteiger partial charge < -0.3 is 14.4 Å². The summed E-state index contributed by atoms with van der Waals surface area (Å²) in [6.07, 6.45) is 1.94. The maximum atomic E-state index is 12.7. The Hall–Kier alpha value is -2.23. The van der Waals surface area contributed by atoms with Gasteiger partial charge in [-0.2, -0.15) is 0 Å². The number of benzene rings is 2. The first-order chi connectivity index (χ1) is 10.7. The summed E-state index contributed by atoms with van der Waals surface area (Å²) in [5, 5.41) is 2.06. The molecule has 0 saturated heterocycles. The van der Waals surface area contributed by atoms with Crippen LogP contribution in [0.25, 0.3) is 10.8 Å². The van der Waals surface area contributed by atoms with Gasteiger partial charge in [0, 0.05) is 18.7 Å². The fraction of sp³-hybridized carbons (Fsp3) is 0.389. The summed E-state index contributed by atoms with van der Waals surface area (Å²) >= 11 is 0. The Balaban J connectivity index is 1.93. The predicted octanol–water partition coefficient (Wildman–Crippen LogP) is 3.83. The van der Waals surface area contributed by atoms with Crippen LogP contribution >= 0.6 is 0 Å². The number of carbonyl (C=O) groups excluding carboxylic acids is 1. The first kappa shape index (κ1) is 14.7. The Morgan fingerprint density at radius 3 is 2.27 bits per heavy atom. The number of hydrogen-bond donors (Lipinski definition) is 0. The number of hydrogen-bond acceptors (Lipinski definition) is 3. The molecule has 2 aromatic rings. The first-order valence-corrected chi connectivity index (χ1v) is 7.85. The van der Waals surface area contributed by atoms with Gasteiger partial charge in [0.15, 0.2) is 11.5 Å². The summed E-state index contributed by atoms with van der Waals surface area (Å²) in [6, 6.07) is 9.71. The lowest BCUT2D eigenvalue weighted by Gasteiger charge is -2.21. The maximum absolute atomic E-state index is 12.7. The van der Waals surface area contributed by atoms with Gasteiger partial charge in [-0.3, -0.25) is 4.79 Å². The fourth-order valence-corrected chi connectivity index (χ4v) is 2.81. The van der Waals surface area contributed by atoms with Gasteiger partial charge >= 0.3 is 0 Å². The molecule has 0 N–H and O–H groups in total. The number of rotatable bonds is 5. The lowest BCUT2D eigenvalue weighted by Crippen LogP contribution is -2.32. The highest BCUT2D eigenvalue weighted by Gasteiger charge is 2.17. The third kappa shape index (κ3) is 2.73. The lowest BCUT2D eigenvalue weighted by molar-refractivity contribution is 0.0755. The van der Waals surface area contributed by atoms with Gasteiger partial charge in [0.05, 0.1) is 0 Å². The second kappa shape index (κ2) is 6.26. The Kier molecular flexibility index (Phi) is 4.18. The van der Waals surface area contributed by atoms with Crippen LogP contribution in [0, 0.1) is 0 Å². The van der Waals surface area contributed by atoms with Crippen molar-refractivity contribution in [2.45, 2.75) is 26.7 Å². The minimum Gasteiger partial charge on any atom is -0.454 e. The highest BCUT2D eigenvalue weighted by molar-refractivity contribution is 5.99. The molecule has 1 amide bonds. The highest BCUT2D eigenvalue weighted by atomic mass is 16.7. The average molecular weight is 299 g/mol. The number of nitrogens with zero attached hydrogens (tertiary/aromatic N) is 1. The van der Waals surface area contributed by atoms with Gasteiger partial charge in [-0.05, 0) is 47.9 Å². The summed E-state index contributed by atoms with van der Waals surface area (Å²) in [5.74, 6) is 1.62. The van der Waals surface area contributed by atoms with E-state index in [2.05, 4.69) is 13.8 Å². The molecule has 0 radical (unpaired) electrons. The van der Waals surface area contributed by atoms with Crippen molar-refractivity contribution in [1.82, 2.24) is 4.90 Å². The summed E-state index contributed by atoms with van der Waals surface area (Å²) in [5.41, 5.74) is 0.730. The largest absolute Gasteiger partial charge is 0.454 e. The zero-order chi connectivity index (χ0) is 15.5. The second-order valence-corrected chi connectivity index (χ2v) is 5.56. The molecule has 1 aliphatic heterocycles. The average Bonchev–Trinajstić information content (AvgIpc) is 2.98. The van der Waals surface area contributed by atoms with Crippen LogP contribution in [-0.4, -0.2) is 30.7 Å². The summed E-state index contributed by atoms with van der Waals surface area (Å²) in [7, 11) is 0. The monoisotopic (exact) mass is 299 g/mol. The fourth-order valence-electron chi connectivity index (χ4n) is 2.81. The van der Waals surface area contributed by atoms with E-state index < -0.39 is 0 Å². The zero-order valence-corrected chi connectivity index (χ0v) is 13.1. The molecule has 4 nitrogen and oxygen atoms in total. The topological polar surface area (TPSA) is 38.8 Å². The van der Waals surface area contributed by atoms with Crippen molar-refractivity contribution < 1.29 is 14.3 Å². The molecule has 0 aliphatic carbocycles. The van der Waals surface area contributed by atoms with E-state index in [1.54, 1.807) is 0 Å². The molecule has 1 aliphatic rings. The highest BCUT2D eigenvalue weighted by Crippen LogP contribution is 2.36. The third-order valence-corrected chi connectivity index (χ3v) is 3.85. The van der Waals surface area contributed by atoms with Gasteiger partial charge in [0.1, 0.15) is 0 Å². The molecule has 4 heteroatoms. The molecule has 0 saturated carbocycles. The van der Waals surface area contributed by atoms with Crippen molar-refractivity contribution in [3.63, 3.8) is 0 Å². The van der Waals surface area contributed by atoms with E-state index in [0.29, 0.717) is 0 Å². The number of carbonyl (C=O) groups is 1. The minimum absolute atomic E-state index is 0.100. The van der Waals surface area contributed by atoms with Crippen LogP contribution < -0.4 is 9.47 Å². The van der Waals surface area contributed by atoms with E-state index in [0.717, 1.165) is 53.8 Å². The van der Waals surface area contributed by atoms with Crippen LogP contribution in [0.4, 0.5) is 0 Å². The lowest BCUT2D eigenvalue weighted by atomic mass is 10.1. The molecule has 116 valence electrons. The molecule has 3 rings (SSSR count). The minimum atomic E-state index is 0.100. The molecule has 0 bridgehead atoms. The van der Waals surface area contributed by atoms with E-state index in [-0.39, 0.29) is 12.7 Å². The predicted molar refractivity (Wildman–Crippen MR) is 86.6 cm³/mol. The second-order valence-electron chi connectivity index (χ2n) is 5.56. The SMILES string of the molecule is CCCN(CCC)C(=O)c1ccc2cc3c(cc2c1)OCO3. The van der Waals surface area contributed by atoms with Gasteiger partial charge in [-0.15, -0.1) is 0 Å². The molecule has 22 heavy (non-hydrogen) atoms. The Labute approximate surface area is 130 Å². The summed E-state index contributed by atoms with van der Waals surface area (Å²) in [6.45, 7) is 6.05. The number of ether oxygens (including phenoxy) is 2. The Bertz CT molecular complexity index is 690. The Morgan fingerprint density at radius 1 is 1.00 bits per heavy atom. The van der Waals surface area contributed by atoms with Crippen LogP contribution in [0.5, 0.6) is 11.5 Å². The van der Waals surface area contributed by atoms with Crippen LogP contribution in [0.1, 0.15) is 37.0 Å². The Morgan fingerprint density at radius 2 is 1.64 bits per heavy atom. The molecular formula is C18H21NO3. The standard InChI is InChI=1S/C18H21NO3/c1-3-7-19(8-4-2)18(20)14-6-5-13-10-16-17(22-12-21-16)11-15(13)9-14/h5-6,9-11H,3-4,7-8,12H2,1-2H3. The molecule has 1 heterocycles. The van der Waals surface area contributed by atoms with Gasteiger partial charge in [0.25, 0.3) is 5.91 Å². The maximum Gasteiger partial charge on any atom is 0.253 e. The van der Waals surface area contributed by atoms with Crippen molar-refractivity contribution in [1.29, 1.82) is 0 Å². The van der Waals surface area contributed by atoms with Crippen LogP contribution in [-0.2, 0) is 0 Å². The molecule has 0 spiro atoms. The van der Waals surface area contributed by atoms with Crippen molar-refractivity contribution in [2.24, 2.45) is 0 Å². The van der Waals surface area contributed by atoms with E-state index in [9.17, 15) is 4.79 Å².